The van der Waals surface area contributed by atoms with Crippen LogP contribution >= 0.6 is 0 Å². The van der Waals surface area contributed by atoms with Gasteiger partial charge in [0.1, 0.15) is 5.82 Å². The van der Waals surface area contributed by atoms with Crippen molar-refractivity contribution in [2.24, 2.45) is 0 Å². The van der Waals surface area contributed by atoms with E-state index in [0.29, 0.717) is 24.4 Å². The summed E-state index contributed by atoms with van der Waals surface area (Å²) in [7, 11) is 1.62. The highest BCUT2D eigenvalue weighted by Gasteiger charge is 2.08. The first-order valence-electron chi connectivity index (χ1n) is 7.96. The number of hydrogen-bond acceptors (Lipinski definition) is 4. The Labute approximate surface area is 142 Å². The number of nitrogens with one attached hydrogen (secondary N) is 1. The number of hydrogen-bond donors (Lipinski definition) is 2. The number of aliphatic hydroxyl groups is 1. The quantitative estimate of drug-likeness (QED) is 0.777. The molecular weight excluding hydrogens is 309 g/mol. The first kappa shape index (κ1) is 18.2. The molecule has 0 unspecified atom stereocenters. The summed E-state index contributed by atoms with van der Waals surface area (Å²) in [6, 6.07) is 10.6. The van der Waals surface area contributed by atoms with Gasteiger partial charge in [-0.2, -0.15) is 0 Å². The van der Waals surface area contributed by atoms with Crippen molar-refractivity contribution in [3.63, 3.8) is 0 Å². The van der Waals surface area contributed by atoms with Crippen molar-refractivity contribution in [3.05, 3.63) is 58.9 Å². The number of methoxy groups -OCH3 is 1. The monoisotopic (exact) mass is 333 g/mol. The van der Waals surface area contributed by atoms with Gasteiger partial charge in [-0.15, -0.1) is 0 Å². The topological polar surface area (TPSA) is 50.7 Å². The summed E-state index contributed by atoms with van der Waals surface area (Å²) in [6.45, 7) is 4.87. The van der Waals surface area contributed by atoms with Crippen molar-refractivity contribution in [3.8, 4) is 11.5 Å². The molecule has 130 valence electrons. The SMILES string of the molecule is COc1cc(CNCc2ccc(F)c(CO)c2)ccc1OC(C)C. The van der Waals surface area contributed by atoms with Gasteiger partial charge >= 0.3 is 0 Å². The van der Waals surface area contributed by atoms with Crippen LogP contribution in [0.1, 0.15) is 30.5 Å². The lowest BCUT2D eigenvalue weighted by Gasteiger charge is -2.15. The Hall–Kier alpha value is -2.11. The van der Waals surface area contributed by atoms with Crippen molar-refractivity contribution in [2.75, 3.05) is 7.11 Å². The van der Waals surface area contributed by atoms with Crippen LogP contribution in [0.5, 0.6) is 11.5 Å². The van der Waals surface area contributed by atoms with Crippen LogP contribution in [-0.2, 0) is 19.7 Å². The normalized spacial score (nSPS) is 10.9. The van der Waals surface area contributed by atoms with Crippen LogP contribution in [0.4, 0.5) is 4.39 Å². The third-order valence-electron chi connectivity index (χ3n) is 3.53. The van der Waals surface area contributed by atoms with Gasteiger partial charge in [-0.3, -0.25) is 0 Å². The Morgan fingerprint density at radius 3 is 2.33 bits per heavy atom. The van der Waals surface area contributed by atoms with E-state index >= 15 is 0 Å². The fraction of sp³-hybridized carbons (Fsp3) is 0.368. The molecule has 0 aliphatic rings. The van der Waals surface area contributed by atoms with E-state index in [1.165, 1.54) is 6.07 Å². The van der Waals surface area contributed by atoms with Gasteiger partial charge in [0.15, 0.2) is 11.5 Å². The van der Waals surface area contributed by atoms with Crippen molar-refractivity contribution in [1.82, 2.24) is 5.32 Å². The molecule has 0 radical (unpaired) electrons. The largest absolute Gasteiger partial charge is 0.493 e. The molecule has 0 spiro atoms. The third kappa shape index (κ3) is 4.94. The lowest BCUT2D eigenvalue weighted by Crippen LogP contribution is -2.13. The second kappa shape index (κ2) is 8.66. The van der Waals surface area contributed by atoms with E-state index in [9.17, 15) is 4.39 Å². The van der Waals surface area contributed by atoms with Crippen molar-refractivity contribution < 1.29 is 19.0 Å². The molecule has 24 heavy (non-hydrogen) atoms. The molecule has 0 heterocycles. The van der Waals surface area contributed by atoms with Crippen LogP contribution in [0.2, 0.25) is 0 Å². The summed E-state index contributed by atoms with van der Waals surface area (Å²) < 4.78 is 24.4. The van der Waals surface area contributed by atoms with Crippen LogP contribution in [0, 0.1) is 5.82 Å². The molecule has 0 fully saturated rings. The summed E-state index contributed by atoms with van der Waals surface area (Å²) in [4.78, 5) is 0. The minimum atomic E-state index is -0.383. The van der Waals surface area contributed by atoms with Crippen LogP contribution in [0.15, 0.2) is 36.4 Å². The summed E-state index contributed by atoms with van der Waals surface area (Å²) in [5.74, 6) is 1.04. The molecule has 0 aromatic heterocycles. The zero-order valence-corrected chi connectivity index (χ0v) is 14.3. The zero-order valence-electron chi connectivity index (χ0n) is 14.3. The second-order valence-electron chi connectivity index (χ2n) is 5.84. The van der Waals surface area contributed by atoms with Gasteiger partial charge < -0.3 is 19.9 Å². The van der Waals surface area contributed by atoms with Crippen molar-refractivity contribution in [2.45, 2.75) is 39.6 Å². The molecule has 0 amide bonds. The Morgan fingerprint density at radius 1 is 1.04 bits per heavy atom. The molecule has 2 rings (SSSR count). The highest BCUT2D eigenvalue weighted by atomic mass is 19.1. The van der Waals surface area contributed by atoms with E-state index in [1.54, 1.807) is 19.2 Å². The summed E-state index contributed by atoms with van der Waals surface area (Å²) >= 11 is 0. The highest BCUT2D eigenvalue weighted by Crippen LogP contribution is 2.29. The van der Waals surface area contributed by atoms with Gasteiger partial charge in [-0.1, -0.05) is 12.1 Å². The molecule has 2 aromatic carbocycles. The first-order valence-corrected chi connectivity index (χ1v) is 7.96. The van der Waals surface area contributed by atoms with Gasteiger partial charge in [-0.25, -0.2) is 4.39 Å². The number of ether oxygens (including phenoxy) is 2. The number of halogens is 1. The molecule has 4 nitrogen and oxygen atoms in total. The molecule has 2 N–H and O–H groups in total. The summed E-state index contributed by atoms with van der Waals surface area (Å²) in [5, 5.41) is 12.4. The van der Waals surface area contributed by atoms with Gasteiger partial charge in [0.05, 0.1) is 19.8 Å². The van der Waals surface area contributed by atoms with Crippen LogP contribution < -0.4 is 14.8 Å². The Morgan fingerprint density at radius 2 is 1.71 bits per heavy atom. The maximum absolute atomic E-state index is 13.4. The molecule has 0 aliphatic carbocycles. The van der Waals surface area contributed by atoms with Crippen LogP contribution in [-0.4, -0.2) is 18.3 Å². The van der Waals surface area contributed by atoms with Crippen molar-refractivity contribution >= 4 is 0 Å². The Kier molecular flexibility index (Phi) is 6.58. The van der Waals surface area contributed by atoms with Crippen molar-refractivity contribution in [1.29, 1.82) is 0 Å². The van der Waals surface area contributed by atoms with E-state index in [-0.39, 0.29) is 18.5 Å². The third-order valence-corrected chi connectivity index (χ3v) is 3.53. The fourth-order valence-electron chi connectivity index (χ4n) is 2.38. The van der Waals surface area contributed by atoms with E-state index in [2.05, 4.69) is 5.32 Å². The predicted octanol–water partition coefficient (Wildman–Crippen LogP) is 3.40. The standard InChI is InChI=1S/C19H24FNO3/c1-13(2)24-18-7-5-15(9-19(18)23-3)11-21-10-14-4-6-17(20)16(8-14)12-22/h4-9,13,21-22H,10-12H2,1-3H3. The van der Waals surface area contributed by atoms with E-state index < -0.39 is 0 Å². The predicted molar refractivity (Wildman–Crippen MR) is 91.6 cm³/mol. The van der Waals surface area contributed by atoms with Gasteiger partial charge in [0.25, 0.3) is 0 Å². The average molecular weight is 333 g/mol. The second-order valence-corrected chi connectivity index (χ2v) is 5.84. The van der Waals surface area contributed by atoms with E-state index in [1.807, 2.05) is 32.0 Å². The zero-order chi connectivity index (χ0) is 17.5. The summed E-state index contributed by atoms with van der Waals surface area (Å²) in [6.07, 6.45) is 0.0853. The maximum Gasteiger partial charge on any atom is 0.161 e. The number of benzene rings is 2. The molecule has 0 saturated carbocycles. The molecular formula is C19H24FNO3. The molecule has 0 saturated heterocycles. The molecule has 0 atom stereocenters. The highest BCUT2D eigenvalue weighted by molar-refractivity contribution is 5.43. The van der Waals surface area contributed by atoms with Gasteiger partial charge in [0.2, 0.25) is 0 Å². The number of rotatable bonds is 8. The lowest BCUT2D eigenvalue weighted by atomic mass is 10.1. The van der Waals surface area contributed by atoms with Gasteiger partial charge in [0, 0.05) is 18.7 Å². The molecule has 0 aliphatic heterocycles. The smallest absolute Gasteiger partial charge is 0.161 e. The number of aliphatic hydroxyl groups excluding tert-OH is 1. The molecule has 5 heteroatoms. The van der Waals surface area contributed by atoms with Gasteiger partial charge in [-0.05, 0) is 49.2 Å². The van der Waals surface area contributed by atoms with Crippen LogP contribution in [0.25, 0.3) is 0 Å². The molecule has 0 bridgehead atoms. The fourth-order valence-corrected chi connectivity index (χ4v) is 2.38. The minimum absolute atomic E-state index is 0.0853. The first-order chi connectivity index (χ1) is 11.5. The molecule has 2 aromatic rings. The van der Waals surface area contributed by atoms with E-state index in [4.69, 9.17) is 14.6 Å². The Bertz CT molecular complexity index is 674. The maximum atomic E-state index is 13.4. The van der Waals surface area contributed by atoms with Crippen LogP contribution in [0.3, 0.4) is 0 Å². The lowest BCUT2D eigenvalue weighted by molar-refractivity contribution is 0.230. The minimum Gasteiger partial charge on any atom is -0.493 e. The van der Waals surface area contributed by atoms with E-state index in [0.717, 1.165) is 16.9 Å². The average Bonchev–Trinajstić information content (AvgIpc) is 2.57. The Balaban J connectivity index is 1.97. The summed E-state index contributed by atoms with van der Waals surface area (Å²) in [5.41, 5.74) is 2.30.